The van der Waals surface area contributed by atoms with Crippen molar-refractivity contribution in [2.75, 3.05) is 0 Å². The number of aryl methyl sites for hydroxylation is 1. The summed E-state index contributed by atoms with van der Waals surface area (Å²) in [4.78, 5) is 35.3. The molecule has 0 aliphatic heterocycles. The van der Waals surface area contributed by atoms with Crippen LogP contribution < -0.4 is 10.9 Å². The van der Waals surface area contributed by atoms with Crippen LogP contribution in [0.5, 0.6) is 0 Å². The predicted octanol–water partition coefficient (Wildman–Crippen LogP) is 3.40. The monoisotopic (exact) mass is 423 g/mol. The molecule has 9 heteroatoms. The number of aromatic nitrogens is 4. The zero-order valence-electron chi connectivity index (χ0n) is 16.9. The average Bonchev–Trinajstić information content (AvgIpc) is 3.36. The van der Waals surface area contributed by atoms with Gasteiger partial charge in [0.15, 0.2) is 0 Å². The minimum atomic E-state index is -0.262. The van der Waals surface area contributed by atoms with Crippen LogP contribution in [0.2, 0.25) is 0 Å². The molecule has 154 valence electrons. The van der Waals surface area contributed by atoms with E-state index in [1.54, 1.807) is 0 Å². The molecule has 1 amide bonds. The van der Waals surface area contributed by atoms with E-state index in [2.05, 4.69) is 20.4 Å². The second kappa shape index (κ2) is 8.19. The molecule has 4 rings (SSSR count). The van der Waals surface area contributed by atoms with Crippen molar-refractivity contribution in [3.05, 3.63) is 52.6 Å². The quantitative estimate of drug-likeness (QED) is 0.510. The molecule has 3 aromatic heterocycles. The van der Waals surface area contributed by atoms with Gasteiger partial charge in [0.1, 0.15) is 11.4 Å². The topological polar surface area (TPSA) is 103 Å². The first-order valence-electron chi connectivity index (χ1n) is 9.65. The van der Waals surface area contributed by atoms with Crippen molar-refractivity contribution in [1.29, 1.82) is 0 Å². The number of hydrogen-bond donors (Lipinski definition) is 1. The Hall–Kier alpha value is -3.33. The molecular formula is C21H21N5O3S. The maximum atomic E-state index is 13.0. The molecule has 0 saturated heterocycles. The maximum absolute atomic E-state index is 13.0. The average molecular weight is 423 g/mol. The van der Waals surface area contributed by atoms with E-state index in [0.29, 0.717) is 32.4 Å². The summed E-state index contributed by atoms with van der Waals surface area (Å²) in [7, 11) is 0. The lowest BCUT2D eigenvalue weighted by Crippen LogP contribution is -2.37. The van der Waals surface area contributed by atoms with Gasteiger partial charge in [-0.05, 0) is 25.8 Å². The van der Waals surface area contributed by atoms with Gasteiger partial charge in [-0.2, -0.15) is 4.98 Å². The van der Waals surface area contributed by atoms with E-state index in [0.717, 1.165) is 12.0 Å². The highest BCUT2D eigenvalue weighted by Crippen LogP contribution is 2.35. The highest BCUT2D eigenvalue weighted by Gasteiger charge is 2.21. The third-order valence-electron chi connectivity index (χ3n) is 4.90. The minimum Gasteiger partial charge on any atom is -0.352 e. The molecule has 0 aliphatic carbocycles. The summed E-state index contributed by atoms with van der Waals surface area (Å²) in [5.41, 5.74) is 1.30. The number of hydrogen-bond acceptors (Lipinski definition) is 7. The van der Waals surface area contributed by atoms with Crippen molar-refractivity contribution in [2.24, 2.45) is 0 Å². The highest BCUT2D eigenvalue weighted by atomic mass is 32.1. The summed E-state index contributed by atoms with van der Waals surface area (Å²) in [6.07, 6.45) is 2.23. The van der Waals surface area contributed by atoms with E-state index in [-0.39, 0.29) is 24.1 Å². The third-order valence-corrected chi connectivity index (χ3v) is 6.09. The Morgan fingerprint density at radius 2 is 2.07 bits per heavy atom. The van der Waals surface area contributed by atoms with Gasteiger partial charge < -0.3 is 9.84 Å². The zero-order chi connectivity index (χ0) is 21.3. The van der Waals surface area contributed by atoms with Gasteiger partial charge in [-0.1, -0.05) is 42.4 Å². The molecule has 0 spiro atoms. The van der Waals surface area contributed by atoms with Crippen LogP contribution in [0.1, 0.15) is 25.8 Å². The number of benzene rings is 1. The molecule has 3 heterocycles. The Bertz CT molecular complexity index is 1260. The fraction of sp³-hybridized carbons (Fsp3) is 0.286. The minimum absolute atomic E-state index is 0.0516. The molecule has 1 N–H and O–H groups in total. The highest BCUT2D eigenvalue weighted by molar-refractivity contribution is 7.22. The SMILES string of the molecule is CC[C@@H](C)NC(=O)Cn1cnc2sc(-c3nc(-c4ccccc4)no3)c(C)c2c1=O. The Balaban J connectivity index is 1.68. The summed E-state index contributed by atoms with van der Waals surface area (Å²) in [6.45, 7) is 5.66. The number of nitrogens with zero attached hydrogens (tertiary/aromatic N) is 4. The third kappa shape index (κ3) is 3.76. The normalized spacial score (nSPS) is 12.2. The van der Waals surface area contributed by atoms with E-state index < -0.39 is 0 Å². The van der Waals surface area contributed by atoms with E-state index in [1.165, 1.54) is 22.2 Å². The first-order valence-corrected chi connectivity index (χ1v) is 10.5. The number of carbonyl (C=O) groups excluding carboxylic acids is 1. The molecule has 30 heavy (non-hydrogen) atoms. The van der Waals surface area contributed by atoms with Gasteiger partial charge >= 0.3 is 0 Å². The summed E-state index contributed by atoms with van der Waals surface area (Å²) >= 11 is 1.32. The fourth-order valence-electron chi connectivity index (χ4n) is 3.07. The van der Waals surface area contributed by atoms with Crippen LogP contribution in [0.4, 0.5) is 0 Å². The van der Waals surface area contributed by atoms with Crippen molar-refractivity contribution < 1.29 is 9.32 Å². The Kier molecular flexibility index (Phi) is 5.45. The summed E-state index contributed by atoms with van der Waals surface area (Å²) in [6, 6.07) is 9.57. The Labute approximate surface area is 176 Å². The van der Waals surface area contributed by atoms with E-state index in [4.69, 9.17) is 4.52 Å². The number of rotatable bonds is 6. The number of fused-ring (bicyclic) bond motifs is 1. The number of nitrogens with one attached hydrogen (secondary N) is 1. The first-order chi connectivity index (χ1) is 14.5. The van der Waals surface area contributed by atoms with Gasteiger partial charge in [0, 0.05) is 11.6 Å². The second-order valence-corrected chi connectivity index (χ2v) is 8.08. The molecule has 0 unspecified atom stereocenters. The van der Waals surface area contributed by atoms with Crippen molar-refractivity contribution in [3.8, 4) is 22.2 Å². The first kappa shape index (κ1) is 20.0. The molecule has 0 saturated carbocycles. The van der Waals surface area contributed by atoms with Crippen LogP contribution in [0.3, 0.4) is 0 Å². The van der Waals surface area contributed by atoms with Crippen LogP contribution in [0.15, 0.2) is 46.0 Å². The van der Waals surface area contributed by atoms with Crippen LogP contribution in [0, 0.1) is 6.92 Å². The molecule has 0 fully saturated rings. The molecule has 1 aromatic carbocycles. The lowest BCUT2D eigenvalue weighted by Gasteiger charge is -2.12. The second-order valence-electron chi connectivity index (χ2n) is 7.08. The van der Waals surface area contributed by atoms with Gasteiger partial charge in [0.25, 0.3) is 11.4 Å². The fourth-order valence-corrected chi connectivity index (χ4v) is 4.13. The van der Waals surface area contributed by atoms with Crippen LogP contribution in [0.25, 0.3) is 32.4 Å². The van der Waals surface area contributed by atoms with Gasteiger partial charge in [0.05, 0.1) is 16.6 Å². The maximum Gasteiger partial charge on any atom is 0.268 e. The van der Waals surface area contributed by atoms with Crippen molar-refractivity contribution in [2.45, 2.75) is 39.8 Å². The van der Waals surface area contributed by atoms with Crippen molar-refractivity contribution >= 4 is 27.5 Å². The van der Waals surface area contributed by atoms with Crippen LogP contribution >= 0.6 is 11.3 Å². The molecule has 1 atom stereocenters. The zero-order valence-corrected chi connectivity index (χ0v) is 17.7. The molecule has 4 aromatic rings. The lowest BCUT2D eigenvalue weighted by molar-refractivity contribution is -0.122. The molecule has 8 nitrogen and oxygen atoms in total. The Morgan fingerprint density at radius 3 is 2.80 bits per heavy atom. The van der Waals surface area contributed by atoms with E-state index in [9.17, 15) is 9.59 Å². The standard InChI is InChI=1S/C21H21N5O3S/c1-4-12(2)23-15(27)10-26-11-22-20-16(21(26)28)13(3)17(30-20)19-24-18(25-29-19)14-8-6-5-7-9-14/h5-9,11-12H,4,10H2,1-3H3,(H,23,27)/t12-/m1/s1. The molecule has 0 bridgehead atoms. The molecule has 0 aliphatic rings. The summed E-state index contributed by atoms with van der Waals surface area (Å²) in [5, 5.41) is 7.38. The Morgan fingerprint density at radius 1 is 1.30 bits per heavy atom. The smallest absolute Gasteiger partial charge is 0.268 e. The van der Waals surface area contributed by atoms with E-state index >= 15 is 0 Å². The van der Waals surface area contributed by atoms with Crippen LogP contribution in [-0.2, 0) is 11.3 Å². The largest absolute Gasteiger partial charge is 0.352 e. The van der Waals surface area contributed by atoms with Crippen LogP contribution in [-0.4, -0.2) is 31.6 Å². The predicted molar refractivity (Wildman–Crippen MR) is 115 cm³/mol. The number of thiophene rings is 1. The molecular weight excluding hydrogens is 402 g/mol. The van der Waals surface area contributed by atoms with Gasteiger partial charge in [-0.15, -0.1) is 11.3 Å². The van der Waals surface area contributed by atoms with Gasteiger partial charge in [0.2, 0.25) is 11.7 Å². The summed E-state index contributed by atoms with van der Waals surface area (Å²) < 4.78 is 6.78. The lowest BCUT2D eigenvalue weighted by atomic mass is 10.2. The summed E-state index contributed by atoms with van der Waals surface area (Å²) in [5.74, 6) is 0.606. The van der Waals surface area contributed by atoms with Gasteiger partial charge in [-0.25, -0.2) is 4.98 Å². The number of carbonyl (C=O) groups is 1. The van der Waals surface area contributed by atoms with E-state index in [1.807, 2.05) is 51.1 Å². The van der Waals surface area contributed by atoms with Crippen molar-refractivity contribution in [1.82, 2.24) is 25.0 Å². The number of amides is 1. The van der Waals surface area contributed by atoms with Gasteiger partial charge in [-0.3, -0.25) is 14.2 Å². The molecule has 0 radical (unpaired) electrons. The van der Waals surface area contributed by atoms with Crippen molar-refractivity contribution in [3.63, 3.8) is 0 Å².